The summed E-state index contributed by atoms with van der Waals surface area (Å²) >= 11 is 0. The van der Waals surface area contributed by atoms with Gasteiger partial charge in [-0.1, -0.05) is 6.07 Å². The van der Waals surface area contributed by atoms with Gasteiger partial charge in [-0.05, 0) is 41.5 Å². The third kappa shape index (κ3) is 2.52. The number of benzene rings is 2. The summed E-state index contributed by atoms with van der Waals surface area (Å²) in [4.78, 5) is 0. The molecule has 0 aromatic heterocycles. The van der Waals surface area contributed by atoms with Crippen molar-refractivity contribution < 1.29 is 19.3 Å². The third-order valence-corrected chi connectivity index (χ3v) is 3.46. The first kappa shape index (κ1) is 13.4. The van der Waals surface area contributed by atoms with E-state index in [1.165, 1.54) is 0 Å². The molecular formula is C17H16O4. The van der Waals surface area contributed by atoms with E-state index in [1.54, 1.807) is 26.4 Å². The minimum absolute atomic E-state index is 0.205. The highest BCUT2D eigenvalue weighted by atomic mass is 16.5. The monoisotopic (exact) mass is 284 g/mol. The summed E-state index contributed by atoms with van der Waals surface area (Å²) in [5.74, 6) is 2.28. The first-order valence-electron chi connectivity index (χ1n) is 6.60. The summed E-state index contributed by atoms with van der Waals surface area (Å²) < 4.78 is 16.3. The molecule has 4 nitrogen and oxygen atoms in total. The maximum absolute atomic E-state index is 9.47. The lowest BCUT2D eigenvalue weighted by Gasteiger charge is -2.19. The van der Waals surface area contributed by atoms with Crippen molar-refractivity contribution in [2.75, 3.05) is 20.8 Å². The smallest absolute Gasteiger partial charge is 0.161 e. The topological polar surface area (TPSA) is 47.9 Å². The van der Waals surface area contributed by atoms with Crippen LogP contribution < -0.4 is 14.2 Å². The van der Waals surface area contributed by atoms with Crippen molar-refractivity contribution >= 4 is 11.6 Å². The van der Waals surface area contributed by atoms with Crippen LogP contribution in [0.2, 0.25) is 0 Å². The van der Waals surface area contributed by atoms with Crippen LogP contribution in [0.1, 0.15) is 11.1 Å². The fourth-order valence-corrected chi connectivity index (χ4v) is 2.35. The van der Waals surface area contributed by atoms with Gasteiger partial charge in [-0.3, -0.25) is 0 Å². The highest BCUT2D eigenvalue weighted by Crippen LogP contribution is 2.35. The SMILES string of the molecule is COc1ccc(C2=Cc3ccc(O)cc3OC2)cc1OC. The lowest BCUT2D eigenvalue weighted by Crippen LogP contribution is -2.06. The largest absolute Gasteiger partial charge is 0.508 e. The van der Waals surface area contributed by atoms with Crippen LogP contribution in [-0.2, 0) is 0 Å². The Morgan fingerprint density at radius 3 is 2.57 bits per heavy atom. The Kier molecular flexibility index (Phi) is 3.44. The van der Waals surface area contributed by atoms with Crippen molar-refractivity contribution in [3.8, 4) is 23.0 Å². The highest BCUT2D eigenvalue weighted by Gasteiger charge is 2.15. The van der Waals surface area contributed by atoms with E-state index in [-0.39, 0.29) is 5.75 Å². The summed E-state index contributed by atoms with van der Waals surface area (Å²) in [6.45, 7) is 0.450. The van der Waals surface area contributed by atoms with Gasteiger partial charge in [0.1, 0.15) is 18.1 Å². The lowest BCUT2D eigenvalue weighted by molar-refractivity contribution is 0.353. The minimum atomic E-state index is 0.205. The van der Waals surface area contributed by atoms with Gasteiger partial charge in [0.05, 0.1) is 14.2 Å². The quantitative estimate of drug-likeness (QED) is 0.939. The molecule has 0 bridgehead atoms. The molecule has 0 fully saturated rings. The number of fused-ring (bicyclic) bond motifs is 1. The van der Waals surface area contributed by atoms with Gasteiger partial charge in [0.2, 0.25) is 0 Å². The number of rotatable bonds is 3. The summed E-state index contributed by atoms with van der Waals surface area (Å²) in [7, 11) is 3.23. The Morgan fingerprint density at radius 1 is 1.00 bits per heavy atom. The molecule has 0 spiro atoms. The Bertz CT molecular complexity index is 704. The van der Waals surface area contributed by atoms with E-state index in [4.69, 9.17) is 14.2 Å². The van der Waals surface area contributed by atoms with Gasteiger partial charge < -0.3 is 19.3 Å². The van der Waals surface area contributed by atoms with Gasteiger partial charge in [0.25, 0.3) is 0 Å². The average molecular weight is 284 g/mol. The van der Waals surface area contributed by atoms with Crippen LogP contribution in [0.4, 0.5) is 0 Å². The summed E-state index contributed by atoms with van der Waals surface area (Å²) in [5.41, 5.74) is 3.02. The molecule has 108 valence electrons. The maximum atomic E-state index is 9.47. The number of hydrogen-bond donors (Lipinski definition) is 1. The molecule has 0 amide bonds. The van der Waals surface area contributed by atoms with E-state index >= 15 is 0 Å². The molecule has 0 unspecified atom stereocenters. The zero-order chi connectivity index (χ0) is 14.8. The zero-order valence-electron chi connectivity index (χ0n) is 11.9. The van der Waals surface area contributed by atoms with Gasteiger partial charge in [-0.15, -0.1) is 0 Å². The van der Waals surface area contributed by atoms with Crippen LogP contribution in [0.3, 0.4) is 0 Å². The molecule has 0 aliphatic carbocycles. The van der Waals surface area contributed by atoms with Crippen LogP contribution in [0, 0.1) is 0 Å². The van der Waals surface area contributed by atoms with Gasteiger partial charge in [0.15, 0.2) is 11.5 Å². The normalized spacial score (nSPS) is 13.0. The Hall–Kier alpha value is -2.62. The molecule has 21 heavy (non-hydrogen) atoms. The van der Waals surface area contributed by atoms with Crippen LogP contribution in [0.15, 0.2) is 36.4 Å². The van der Waals surface area contributed by atoms with E-state index < -0.39 is 0 Å². The van der Waals surface area contributed by atoms with Gasteiger partial charge in [-0.2, -0.15) is 0 Å². The second-order valence-electron chi connectivity index (χ2n) is 4.75. The van der Waals surface area contributed by atoms with E-state index in [0.717, 1.165) is 16.7 Å². The second-order valence-corrected chi connectivity index (χ2v) is 4.75. The Morgan fingerprint density at radius 2 is 1.81 bits per heavy atom. The number of methoxy groups -OCH3 is 2. The number of phenols is 1. The van der Waals surface area contributed by atoms with E-state index in [9.17, 15) is 5.11 Å². The van der Waals surface area contributed by atoms with Crippen molar-refractivity contribution in [3.05, 3.63) is 47.5 Å². The Balaban J connectivity index is 2.00. The molecule has 2 aromatic rings. The fraction of sp³-hybridized carbons (Fsp3) is 0.176. The molecular weight excluding hydrogens is 268 g/mol. The molecule has 1 N–H and O–H groups in total. The molecule has 2 aromatic carbocycles. The lowest BCUT2D eigenvalue weighted by atomic mass is 10.0. The molecule has 1 aliphatic rings. The number of hydrogen-bond acceptors (Lipinski definition) is 4. The molecule has 1 heterocycles. The van der Waals surface area contributed by atoms with Crippen molar-refractivity contribution in [1.82, 2.24) is 0 Å². The number of ether oxygens (including phenoxy) is 3. The first-order valence-corrected chi connectivity index (χ1v) is 6.60. The highest BCUT2D eigenvalue weighted by molar-refractivity contribution is 5.86. The minimum Gasteiger partial charge on any atom is -0.508 e. The van der Waals surface area contributed by atoms with E-state index in [2.05, 4.69) is 6.08 Å². The van der Waals surface area contributed by atoms with E-state index in [1.807, 2.05) is 24.3 Å². The summed E-state index contributed by atoms with van der Waals surface area (Å²) in [6, 6.07) is 10.9. The van der Waals surface area contributed by atoms with Crippen molar-refractivity contribution in [3.63, 3.8) is 0 Å². The van der Waals surface area contributed by atoms with E-state index in [0.29, 0.717) is 23.9 Å². The first-order chi connectivity index (χ1) is 10.2. The predicted octanol–water partition coefficient (Wildman–Crippen LogP) is 3.34. The molecule has 1 aliphatic heterocycles. The molecule has 0 saturated heterocycles. The molecule has 0 atom stereocenters. The number of phenolic OH excluding ortho intramolecular Hbond substituents is 1. The van der Waals surface area contributed by atoms with Crippen LogP contribution in [0.25, 0.3) is 11.6 Å². The van der Waals surface area contributed by atoms with Crippen LogP contribution in [-0.4, -0.2) is 25.9 Å². The maximum Gasteiger partial charge on any atom is 0.161 e. The van der Waals surface area contributed by atoms with Crippen molar-refractivity contribution in [1.29, 1.82) is 0 Å². The van der Waals surface area contributed by atoms with Gasteiger partial charge in [0, 0.05) is 11.6 Å². The van der Waals surface area contributed by atoms with Crippen LogP contribution in [0.5, 0.6) is 23.0 Å². The Labute approximate surface area is 123 Å². The zero-order valence-corrected chi connectivity index (χ0v) is 11.9. The standard InChI is InChI=1S/C17H16O4/c1-19-15-6-4-11(8-17(15)20-2)13-7-12-3-5-14(18)9-16(12)21-10-13/h3-9,18H,10H2,1-2H3. The molecule has 4 heteroatoms. The van der Waals surface area contributed by atoms with Crippen molar-refractivity contribution in [2.24, 2.45) is 0 Å². The van der Waals surface area contributed by atoms with Crippen LogP contribution >= 0.6 is 0 Å². The van der Waals surface area contributed by atoms with Gasteiger partial charge in [-0.25, -0.2) is 0 Å². The molecule has 0 radical (unpaired) electrons. The van der Waals surface area contributed by atoms with Gasteiger partial charge >= 0.3 is 0 Å². The summed E-state index contributed by atoms with van der Waals surface area (Å²) in [6.07, 6.45) is 2.06. The number of aromatic hydroxyl groups is 1. The fourth-order valence-electron chi connectivity index (χ4n) is 2.35. The molecule has 3 rings (SSSR count). The van der Waals surface area contributed by atoms with Crippen molar-refractivity contribution in [2.45, 2.75) is 0 Å². The average Bonchev–Trinajstić information content (AvgIpc) is 2.53. The third-order valence-electron chi connectivity index (χ3n) is 3.46. The second kappa shape index (κ2) is 5.40. The predicted molar refractivity (Wildman–Crippen MR) is 81.0 cm³/mol. The summed E-state index contributed by atoms with van der Waals surface area (Å²) in [5, 5.41) is 9.47. The molecule has 0 saturated carbocycles.